The molecule has 0 bridgehead atoms. The molecule has 1 heterocycles. The van der Waals surface area contributed by atoms with Gasteiger partial charge in [0.2, 0.25) is 0 Å². The Morgan fingerprint density at radius 3 is 2.50 bits per heavy atom. The molecular weight excluding hydrogens is 240 g/mol. The molecule has 1 aliphatic heterocycles. The Balaban J connectivity index is 2.05. The molecule has 1 N–H and O–H groups in total. The highest BCUT2D eigenvalue weighted by Gasteiger charge is 2.46. The predicted molar refractivity (Wildman–Crippen MR) is 82.4 cm³/mol. The molecule has 106 valence electrons. The molecule has 1 saturated carbocycles. The van der Waals surface area contributed by atoms with E-state index >= 15 is 0 Å². The monoisotopic (exact) mass is 270 g/mol. The average molecular weight is 270 g/mol. The fraction of sp³-hybridized carbons (Fsp3) is 1.00. The van der Waals surface area contributed by atoms with E-state index in [9.17, 15) is 0 Å². The summed E-state index contributed by atoms with van der Waals surface area (Å²) in [6, 6.07) is 0.717. The maximum Gasteiger partial charge on any atom is 0.0285 e. The first-order valence-electron chi connectivity index (χ1n) is 7.48. The van der Waals surface area contributed by atoms with Crippen molar-refractivity contribution in [2.45, 2.75) is 63.3 Å². The summed E-state index contributed by atoms with van der Waals surface area (Å²) in [4.78, 5) is 2.79. The first kappa shape index (κ1) is 14.7. The maximum absolute atomic E-state index is 3.78. The van der Waals surface area contributed by atoms with Gasteiger partial charge < -0.3 is 5.32 Å². The highest BCUT2D eigenvalue weighted by atomic mass is 32.2. The van der Waals surface area contributed by atoms with Gasteiger partial charge in [-0.05, 0) is 38.4 Å². The summed E-state index contributed by atoms with van der Waals surface area (Å²) >= 11 is 2.09. The fourth-order valence-corrected chi connectivity index (χ4v) is 3.91. The quantitative estimate of drug-likeness (QED) is 0.827. The predicted octanol–water partition coefficient (Wildman–Crippen LogP) is 2.98. The summed E-state index contributed by atoms with van der Waals surface area (Å²) in [5.74, 6) is 0.747. The van der Waals surface area contributed by atoms with Crippen LogP contribution in [0.15, 0.2) is 0 Å². The molecule has 0 aromatic heterocycles. The normalized spacial score (nSPS) is 36.0. The zero-order chi connectivity index (χ0) is 13.4. The molecule has 2 aliphatic rings. The largest absolute Gasteiger partial charge is 0.309 e. The van der Waals surface area contributed by atoms with E-state index in [1.54, 1.807) is 0 Å². The zero-order valence-electron chi connectivity index (χ0n) is 12.8. The van der Waals surface area contributed by atoms with Gasteiger partial charge in [-0.1, -0.05) is 20.8 Å². The van der Waals surface area contributed by atoms with Crippen LogP contribution in [0.25, 0.3) is 0 Å². The second kappa shape index (κ2) is 5.34. The van der Waals surface area contributed by atoms with Crippen LogP contribution < -0.4 is 5.32 Å². The minimum Gasteiger partial charge on any atom is -0.309 e. The van der Waals surface area contributed by atoms with Crippen molar-refractivity contribution in [2.75, 3.05) is 25.9 Å². The van der Waals surface area contributed by atoms with Crippen molar-refractivity contribution >= 4 is 11.8 Å². The zero-order valence-corrected chi connectivity index (χ0v) is 13.6. The third-order valence-corrected chi connectivity index (χ3v) is 6.44. The topological polar surface area (TPSA) is 15.3 Å². The Hall–Kier alpha value is 0.270. The Morgan fingerprint density at radius 1 is 1.39 bits per heavy atom. The van der Waals surface area contributed by atoms with Crippen molar-refractivity contribution in [3.05, 3.63) is 0 Å². The van der Waals surface area contributed by atoms with E-state index in [-0.39, 0.29) is 0 Å². The lowest BCUT2D eigenvalue weighted by molar-refractivity contribution is 0.0593. The standard InChI is InChI=1S/C15H30N2S/c1-6-14(4)10-17(11-15(18-5)7-8-15)13(9-16-14)12(2)3/h12-13,16H,6-11H2,1-5H3. The summed E-state index contributed by atoms with van der Waals surface area (Å²) in [7, 11) is 0. The second-order valence-electron chi connectivity index (χ2n) is 6.90. The van der Waals surface area contributed by atoms with Crippen molar-refractivity contribution in [3.63, 3.8) is 0 Å². The molecular formula is C15H30N2S. The van der Waals surface area contributed by atoms with Gasteiger partial charge in [-0.2, -0.15) is 11.8 Å². The first-order valence-corrected chi connectivity index (χ1v) is 8.70. The molecule has 0 radical (unpaired) electrons. The summed E-state index contributed by atoms with van der Waals surface area (Å²) in [5.41, 5.74) is 0.319. The number of piperazine rings is 1. The van der Waals surface area contributed by atoms with Gasteiger partial charge in [-0.3, -0.25) is 4.90 Å². The van der Waals surface area contributed by atoms with E-state index < -0.39 is 0 Å². The number of hydrogen-bond donors (Lipinski definition) is 1. The third kappa shape index (κ3) is 3.05. The molecule has 0 aromatic rings. The molecule has 2 nitrogen and oxygen atoms in total. The Kier molecular flexibility index (Phi) is 4.35. The van der Waals surface area contributed by atoms with Crippen LogP contribution in [0.5, 0.6) is 0 Å². The summed E-state index contributed by atoms with van der Waals surface area (Å²) in [6.07, 6.45) is 6.36. The van der Waals surface area contributed by atoms with Gasteiger partial charge in [0.25, 0.3) is 0 Å². The van der Waals surface area contributed by atoms with E-state index in [1.807, 2.05) is 0 Å². The highest BCUT2D eigenvalue weighted by Crippen LogP contribution is 2.48. The van der Waals surface area contributed by atoms with Crippen LogP contribution >= 0.6 is 11.8 Å². The van der Waals surface area contributed by atoms with E-state index in [1.165, 1.54) is 32.4 Å². The lowest BCUT2D eigenvalue weighted by atomic mass is 9.89. The number of nitrogens with zero attached hydrogens (tertiary/aromatic N) is 1. The third-order valence-electron chi connectivity index (χ3n) is 5.04. The van der Waals surface area contributed by atoms with E-state index in [4.69, 9.17) is 0 Å². The summed E-state index contributed by atoms with van der Waals surface area (Å²) < 4.78 is 0.596. The molecule has 0 spiro atoms. The molecule has 2 fully saturated rings. The number of nitrogens with one attached hydrogen (secondary N) is 1. The van der Waals surface area contributed by atoms with Crippen molar-refractivity contribution in [3.8, 4) is 0 Å². The number of hydrogen-bond acceptors (Lipinski definition) is 3. The molecule has 1 saturated heterocycles. The van der Waals surface area contributed by atoms with Gasteiger partial charge in [0.05, 0.1) is 0 Å². The molecule has 2 unspecified atom stereocenters. The van der Waals surface area contributed by atoms with Crippen LogP contribution in [-0.4, -0.2) is 47.1 Å². The van der Waals surface area contributed by atoms with Gasteiger partial charge in [-0.15, -0.1) is 0 Å². The molecule has 18 heavy (non-hydrogen) atoms. The minimum absolute atomic E-state index is 0.319. The lowest BCUT2D eigenvalue weighted by Gasteiger charge is -2.48. The number of thioether (sulfide) groups is 1. The van der Waals surface area contributed by atoms with Crippen LogP contribution in [0.2, 0.25) is 0 Å². The molecule has 1 aliphatic carbocycles. The lowest BCUT2D eigenvalue weighted by Crippen LogP contribution is -2.64. The average Bonchev–Trinajstić information content (AvgIpc) is 3.09. The van der Waals surface area contributed by atoms with Crippen molar-refractivity contribution in [2.24, 2.45) is 5.92 Å². The van der Waals surface area contributed by atoms with E-state index in [2.05, 4.69) is 55.9 Å². The smallest absolute Gasteiger partial charge is 0.0285 e. The number of rotatable bonds is 5. The van der Waals surface area contributed by atoms with Crippen LogP contribution in [-0.2, 0) is 0 Å². The Bertz CT molecular complexity index is 286. The van der Waals surface area contributed by atoms with Gasteiger partial charge in [-0.25, -0.2) is 0 Å². The summed E-state index contributed by atoms with van der Waals surface area (Å²) in [5, 5.41) is 3.78. The van der Waals surface area contributed by atoms with Gasteiger partial charge >= 0.3 is 0 Å². The Labute approximate surface area is 117 Å². The highest BCUT2D eigenvalue weighted by molar-refractivity contribution is 8.00. The molecule has 2 rings (SSSR count). The second-order valence-corrected chi connectivity index (χ2v) is 8.17. The maximum atomic E-state index is 3.78. The molecule has 3 heteroatoms. The van der Waals surface area contributed by atoms with Crippen LogP contribution in [0, 0.1) is 5.92 Å². The first-order chi connectivity index (χ1) is 8.44. The SMILES string of the molecule is CCC1(C)CN(CC2(SC)CC2)C(C(C)C)CN1. The van der Waals surface area contributed by atoms with Gasteiger partial charge in [0.1, 0.15) is 0 Å². The molecule has 2 atom stereocenters. The van der Waals surface area contributed by atoms with E-state index in [0.29, 0.717) is 16.3 Å². The van der Waals surface area contributed by atoms with Crippen molar-refractivity contribution in [1.82, 2.24) is 10.2 Å². The van der Waals surface area contributed by atoms with Crippen LogP contribution in [0.4, 0.5) is 0 Å². The van der Waals surface area contributed by atoms with Crippen LogP contribution in [0.3, 0.4) is 0 Å². The fourth-order valence-electron chi connectivity index (χ4n) is 3.11. The van der Waals surface area contributed by atoms with Crippen molar-refractivity contribution in [1.29, 1.82) is 0 Å². The minimum atomic E-state index is 0.319. The van der Waals surface area contributed by atoms with Crippen molar-refractivity contribution < 1.29 is 0 Å². The summed E-state index contributed by atoms with van der Waals surface area (Å²) in [6.45, 7) is 13.1. The van der Waals surface area contributed by atoms with E-state index in [0.717, 1.165) is 12.5 Å². The molecule has 0 amide bonds. The van der Waals surface area contributed by atoms with Gasteiger partial charge in [0.15, 0.2) is 0 Å². The Morgan fingerprint density at radius 2 is 2.06 bits per heavy atom. The van der Waals surface area contributed by atoms with Crippen LogP contribution in [0.1, 0.15) is 47.0 Å². The molecule has 0 aromatic carbocycles. The van der Waals surface area contributed by atoms with Gasteiger partial charge in [0, 0.05) is 36.0 Å².